The maximum absolute atomic E-state index is 12.4. The van der Waals surface area contributed by atoms with Crippen molar-refractivity contribution in [1.29, 1.82) is 0 Å². The Labute approximate surface area is 175 Å². The van der Waals surface area contributed by atoms with E-state index >= 15 is 0 Å². The number of likely N-dealkylation sites (tertiary alicyclic amines) is 1. The number of nitrogens with zero attached hydrogens (tertiary/aromatic N) is 1. The molecule has 0 saturated carbocycles. The van der Waals surface area contributed by atoms with Gasteiger partial charge in [-0.2, -0.15) is 0 Å². The number of hydrogen-bond donors (Lipinski definition) is 3. The zero-order valence-electron chi connectivity index (χ0n) is 17.8. The maximum Gasteiger partial charge on any atom is 0.341 e. The number of aromatic amines is 1. The molecule has 2 unspecified atom stereocenters. The molecule has 7 heteroatoms. The average molecular weight is 412 g/mol. The maximum atomic E-state index is 12.4. The third-order valence-corrected chi connectivity index (χ3v) is 7.42. The van der Waals surface area contributed by atoms with E-state index in [9.17, 15) is 19.8 Å². The van der Waals surface area contributed by atoms with Crippen molar-refractivity contribution in [2.45, 2.75) is 50.2 Å². The monoisotopic (exact) mass is 412 g/mol. The van der Waals surface area contributed by atoms with Crippen LogP contribution in [0.5, 0.6) is 5.75 Å². The summed E-state index contributed by atoms with van der Waals surface area (Å²) in [6, 6.07) is 7.17. The van der Waals surface area contributed by atoms with E-state index in [-0.39, 0.29) is 18.0 Å². The molecule has 1 saturated heterocycles. The fourth-order valence-electron chi connectivity index (χ4n) is 5.48. The number of carbonyl (C=O) groups is 1. The Morgan fingerprint density at radius 3 is 2.70 bits per heavy atom. The van der Waals surface area contributed by atoms with Gasteiger partial charge in [0.1, 0.15) is 11.3 Å². The van der Waals surface area contributed by atoms with Crippen molar-refractivity contribution in [3.05, 3.63) is 62.6 Å². The highest BCUT2D eigenvalue weighted by atomic mass is 16.5. The molecule has 0 bridgehead atoms. The van der Waals surface area contributed by atoms with Gasteiger partial charge in [0, 0.05) is 30.0 Å². The Balaban J connectivity index is 1.98. The van der Waals surface area contributed by atoms with E-state index in [1.807, 2.05) is 39.1 Å². The molecule has 30 heavy (non-hydrogen) atoms. The highest BCUT2D eigenvalue weighted by molar-refractivity contribution is 5.87. The number of aromatic carboxylic acids is 1. The van der Waals surface area contributed by atoms with Crippen LogP contribution < -0.4 is 10.3 Å². The molecule has 3 atom stereocenters. The lowest BCUT2D eigenvalue weighted by atomic mass is 9.53. The number of aliphatic hydroxyl groups is 1. The Morgan fingerprint density at radius 1 is 1.30 bits per heavy atom. The van der Waals surface area contributed by atoms with Gasteiger partial charge in [0.05, 0.1) is 12.7 Å². The van der Waals surface area contributed by atoms with Gasteiger partial charge in [-0.05, 0) is 68.8 Å². The molecule has 0 amide bonds. The normalized spacial score (nSPS) is 28.5. The topological polar surface area (TPSA) is 103 Å². The van der Waals surface area contributed by atoms with Gasteiger partial charge in [0.25, 0.3) is 5.56 Å². The molecule has 0 radical (unpaired) electrons. The minimum atomic E-state index is -1.26. The molecule has 3 N–H and O–H groups in total. The van der Waals surface area contributed by atoms with Crippen molar-refractivity contribution in [3.63, 3.8) is 0 Å². The summed E-state index contributed by atoms with van der Waals surface area (Å²) in [4.78, 5) is 28.8. The van der Waals surface area contributed by atoms with E-state index in [2.05, 4.69) is 9.88 Å². The minimum Gasteiger partial charge on any atom is -0.497 e. The number of rotatable bonds is 3. The second-order valence-corrected chi connectivity index (χ2v) is 8.77. The molecule has 160 valence electrons. The predicted octanol–water partition coefficient (Wildman–Crippen LogP) is 1.88. The lowest BCUT2D eigenvalue weighted by Gasteiger charge is -2.59. The van der Waals surface area contributed by atoms with Crippen molar-refractivity contribution < 1.29 is 19.7 Å². The zero-order chi connectivity index (χ0) is 21.8. The van der Waals surface area contributed by atoms with E-state index in [0.717, 1.165) is 23.4 Å². The highest BCUT2D eigenvalue weighted by Crippen LogP contribution is 2.53. The molecule has 0 spiro atoms. The third kappa shape index (κ3) is 2.80. The Morgan fingerprint density at radius 2 is 2.03 bits per heavy atom. The number of ether oxygens (including phenoxy) is 1. The van der Waals surface area contributed by atoms with Crippen LogP contribution in [0.3, 0.4) is 0 Å². The lowest BCUT2D eigenvalue weighted by molar-refractivity contribution is -0.132. The molecule has 1 fully saturated rings. The molecular weight excluding hydrogens is 384 g/mol. The van der Waals surface area contributed by atoms with Gasteiger partial charge < -0.3 is 24.8 Å². The summed E-state index contributed by atoms with van der Waals surface area (Å²) < 4.78 is 5.47. The molecule has 1 aromatic heterocycles. The molecule has 2 aromatic rings. The van der Waals surface area contributed by atoms with Crippen LogP contribution >= 0.6 is 0 Å². The average Bonchev–Trinajstić information content (AvgIpc) is 2.70. The number of H-pyrrole nitrogens is 1. The van der Waals surface area contributed by atoms with Gasteiger partial charge in [-0.25, -0.2) is 4.79 Å². The first-order valence-corrected chi connectivity index (χ1v) is 10.2. The van der Waals surface area contributed by atoms with E-state index in [1.54, 1.807) is 7.11 Å². The Bertz CT molecular complexity index is 1080. The second-order valence-electron chi connectivity index (χ2n) is 8.77. The minimum absolute atomic E-state index is 0.162. The Hall–Kier alpha value is -2.64. The number of nitrogens with one attached hydrogen (secondary N) is 1. The number of benzene rings is 1. The van der Waals surface area contributed by atoms with Gasteiger partial charge in [0.15, 0.2) is 0 Å². The van der Waals surface area contributed by atoms with Gasteiger partial charge in [-0.1, -0.05) is 6.07 Å². The number of hydrogen-bond acceptors (Lipinski definition) is 5. The van der Waals surface area contributed by atoms with E-state index in [4.69, 9.17) is 4.74 Å². The number of piperidine rings is 1. The number of pyridine rings is 1. The molecule has 2 aliphatic rings. The van der Waals surface area contributed by atoms with Crippen molar-refractivity contribution in [2.24, 2.45) is 0 Å². The van der Waals surface area contributed by atoms with Crippen LogP contribution in [-0.2, 0) is 18.3 Å². The fraction of sp³-hybridized carbons (Fsp3) is 0.478. The van der Waals surface area contributed by atoms with E-state index < -0.39 is 22.5 Å². The van der Waals surface area contributed by atoms with Crippen molar-refractivity contribution in [1.82, 2.24) is 9.88 Å². The fourth-order valence-corrected chi connectivity index (χ4v) is 5.48. The number of likely N-dealkylation sites (N-methyl/N-ethyl adjacent to an activating group) is 1. The van der Waals surface area contributed by atoms with Crippen LogP contribution in [0.4, 0.5) is 0 Å². The zero-order valence-corrected chi connectivity index (χ0v) is 17.8. The van der Waals surface area contributed by atoms with Gasteiger partial charge in [-0.15, -0.1) is 0 Å². The van der Waals surface area contributed by atoms with Crippen molar-refractivity contribution in [2.75, 3.05) is 20.7 Å². The van der Waals surface area contributed by atoms with Crippen molar-refractivity contribution in [3.8, 4) is 5.75 Å². The highest BCUT2D eigenvalue weighted by Gasteiger charge is 2.60. The summed E-state index contributed by atoms with van der Waals surface area (Å²) in [6.07, 6.45) is 1.40. The van der Waals surface area contributed by atoms with Crippen LogP contribution in [0, 0.1) is 6.92 Å². The number of aryl methyl sites for hydroxylation is 1. The third-order valence-electron chi connectivity index (χ3n) is 7.42. The largest absolute Gasteiger partial charge is 0.497 e. The summed E-state index contributed by atoms with van der Waals surface area (Å²) in [5, 5.41) is 21.6. The molecular formula is C23H28N2O5. The number of methoxy groups -OCH3 is 1. The van der Waals surface area contributed by atoms with Crippen LogP contribution in [-0.4, -0.2) is 58.4 Å². The molecule has 1 aliphatic heterocycles. The molecule has 4 rings (SSSR count). The number of carboxylic acids is 1. The number of aromatic nitrogens is 1. The van der Waals surface area contributed by atoms with E-state index in [1.165, 1.54) is 6.07 Å². The van der Waals surface area contributed by atoms with Gasteiger partial charge in [-0.3, -0.25) is 4.79 Å². The molecule has 7 nitrogen and oxygen atoms in total. The van der Waals surface area contributed by atoms with Crippen LogP contribution in [0.2, 0.25) is 0 Å². The standard InChI is InChI=1S/C23H28N2O5/c1-13-5-6-16(30-4)10-18(13)22-7-8-25(3)14(2)23(22,29)11-15-9-17(21(27)28)20(26)24-19(15)12-22/h5-6,9-10,14,29H,7-8,11-12H2,1-4H3,(H,24,26)(H,27,28)/t14?,22-,23?/m1/s1. The van der Waals surface area contributed by atoms with Crippen LogP contribution in [0.15, 0.2) is 29.1 Å². The molecule has 1 aromatic carbocycles. The number of carboxylic acid groups (broad SMARTS) is 1. The van der Waals surface area contributed by atoms with Crippen LogP contribution in [0.1, 0.15) is 46.1 Å². The summed E-state index contributed by atoms with van der Waals surface area (Å²) in [6.45, 7) is 4.84. The molecule has 2 heterocycles. The quantitative estimate of drug-likeness (QED) is 0.711. The first kappa shape index (κ1) is 20.6. The summed E-state index contributed by atoms with van der Waals surface area (Å²) >= 11 is 0. The van der Waals surface area contributed by atoms with Crippen LogP contribution in [0.25, 0.3) is 0 Å². The van der Waals surface area contributed by atoms with E-state index in [0.29, 0.717) is 24.1 Å². The SMILES string of the molecule is COc1ccc(C)c([C@]23CCN(C)C(C)C2(O)Cc2cc(C(=O)O)c(=O)[nH]c2C3)c1. The Kier molecular flexibility index (Phi) is 4.78. The predicted molar refractivity (Wildman–Crippen MR) is 112 cm³/mol. The van der Waals surface area contributed by atoms with Gasteiger partial charge >= 0.3 is 5.97 Å². The smallest absolute Gasteiger partial charge is 0.341 e. The lowest BCUT2D eigenvalue weighted by Crippen LogP contribution is -2.70. The summed E-state index contributed by atoms with van der Waals surface area (Å²) in [5.41, 5.74) is 0.791. The number of fused-ring (bicyclic) bond motifs is 2. The first-order valence-electron chi connectivity index (χ1n) is 10.2. The second kappa shape index (κ2) is 6.96. The van der Waals surface area contributed by atoms with Gasteiger partial charge in [0.2, 0.25) is 0 Å². The first-order chi connectivity index (χ1) is 14.1. The molecule has 1 aliphatic carbocycles. The summed E-state index contributed by atoms with van der Waals surface area (Å²) in [7, 11) is 3.62. The summed E-state index contributed by atoms with van der Waals surface area (Å²) in [5.74, 6) is -0.542. The van der Waals surface area contributed by atoms with Crippen molar-refractivity contribution >= 4 is 5.97 Å².